The average molecular weight is 146 g/mol. The summed E-state index contributed by atoms with van der Waals surface area (Å²) < 4.78 is 10.6. The lowest BCUT2D eigenvalue weighted by atomic mass is 10.2. The van der Waals surface area contributed by atoms with Gasteiger partial charge in [-0.15, -0.1) is 0 Å². The van der Waals surface area contributed by atoms with Crippen LogP contribution in [-0.2, 0) is 9.47 Å². The van der Waals surface area contributed by atoms with E-state index in [4.69, 9.17) is 9.47 Å². The second kappa shape index (κ2) is 4.66. The molecular weight excluding hydrogens is 130 g/mol. The van der Waals surface area contributed by atoms with E-state index in [2.05, 4.69) is 5.73 Å². The van der Waals surface area contributed by atoms with Crippen molar-refractivity contribution in [3.8, 4) is 0 Å². The molecular formula is C7H16NO2+. The van der Waals surface area contributed by atoms with Crippen molar-refractivity contribution >= 4 is 0 Å². The molecule has 1 rings (SSSR count). The topological polar surface area (TPSA) is 46.1 Å². The van der Waals surface area contributed by atoms with Gasteiger partial charge >= 0.3 is 0 Å². The van der Waals surface area contributed by atoms with Crippen molar-refractivity contribution in [2.24, 2.45) is 0 Å². The number of hydrogen-bond acceptors (Lipinski definition) is 2. The zero-order chi connectivity index (χ0) is 7.23. The highest BCUT2D eigenvalue weighted by atomic mass is 16.5. The molecule has 3 N–H and O–H groups in total. The van der Waals surface area contributed by atoms with Crippen molar-refractivity contribution in [1.82, 2.24) is 0 Å². The number of quaternary nitrogens is 1. The first-order chi connectivity index (χ1) is 4.93. The normalized spacial score (nSPS) is 25.5. The molecule has 1 atom stereocenters. The summed E-state index contributed by atoms with van der Waals surface area (Å²) in [6, 6.07) is 0. The lowest BCUT2D eigenvalue weighted by Gasteiger charge is -2.07. The second-order valence-electron chi connectivity index (χ2n) is 2.56. The maximum absolute atomic E-state index is 5.35. The largest absolute Gasteiger partial charge is 0.376 e. The minimum Gasteiger partial charge on any atom is -0.376 e. The monoisotopic (exact) mass is 146 g/mol. The Kier molecular flexibility index (Phi) is 3.72. The molecule has 0 amide bonds. The van der Waals surface area contributed by atoms with Gasteiger partial charge in [-0.1, -0.05) is 0 Å². The summed E-state index contributed by atoms with van der Waals surface area (Å²) in [4.78, 5) is 0. The van der Waals surface area contributed by atoms with Crippen LogP contribution in [0.2, 0.25) is 0 Å². The summed E-state index contributed by atoms with van der Waals surface area (Å²) in [7, 11) is 0. The molecule has 10 heavy (non-hydrogen) atoms. The standard InChI is InChI=1S/C7H15NO2/c8-3-5-9-6-7-2-1-4-10-7/h7H,1-6,8H2/p+1/t7-/m0/s1. The van der Waals surface area contributed by atoms with Gasteiger partial charge < -0.3 is 15.2 Å². The van der Waals surface area contributed by atoms with E-state index >= 15 is 0 Å². The van der Waals surface area contributed by atoms with E-state index < -0.39 is 0 Å². The number of ether oxygens (including phenoxy) is 2. The minimum absolute atomic E-state index is 0.367. The van der Waals surface area contributed by atoms with Crippen LogP contribution in [0.5, 0.6) is 0 Å². The van der Waals surface area contributed by atoms with Crippen LogP contribution >= 0.6 is 0 Å². The lowest BCUT2D eigenvalue weighted by molar-refractivity contribution is -0.374. The fraction of sp³-hybridized carbons (Fsp3) is 1.00. The molecule has 0 spiro atoms. The van der Waals surface area contributed by atoms with Crippen LogP contribution in [0.15, 0.2) is 0 Å². The SMILES string of the molecule is [NH3+]CCOC[C@@H]1CCCO1. The van der Waals surface area contributed by atoms with Gasteiger partial charge in [0.05, 0.1) is 25.9 Å². The Labute approximate surface area is 61.5 Å². The molecule has 0 aromatic carbocycles. The van der Waals surface area contributed by atoms with E-state index in [0.717, 1.165) is 32.8 Å². The molecule has 0 unspecified atom stereocenters. The van der Waals surface area contributed by atoms with Gasteiger partial charge in [0.1, 0.15) is 0 Å². The van der Waals surface area contributed by atoms with Crippen LogP contribution in [0.4, 0.5) is 0 Å². The first-order valence-electron chi connectivity index (χ1n) is 3.92. The highest BCUT2D eigenvalue weighted by Gasteiger charge is 2.14. The third-order valence-corrected chi connectivity index (χ3v) is 1.62. The molecule has 1 aliphatic rings. The summed E-state index contributed by atoms with van der Waals surface area (Å²) in [5, 5.41) is 0. The quantitative estimate of drug-likeness (QED) is 0.540. The van der Waals surface area contributed by atoms with Crippen molar-refractivity contribution in [3.05, 3.63) is 0 Å². The minimum atomic E-state index is 0.367. The highest BCUT2D eigenvalue weighted by molar-refractivity contribution is 4.62. The second-order valence-corrected chi connectivity index (χ2v) is 2.56. The van der Waals surface area contributed by atoms with Crippen LogP contribution in [0.1, 0.15) is 12.8 Å². The molecule has 0 saturated carbocycles. The molecule has 0 bridgehead atoms. The van der Waals surface area contributed by atoms with E-state index in [1.807, 2.05) is 0 Å². The van der Waals surface area contributed by atoms with Gasteiger partial charge in [-0.2, -0.15) is 0 Å². The van der Waals surface area contributed by atoms with Gasteiger partial charge in [-0.25, -0.2) is 0 Å². The summed E-state index contributed by atoms with van der Waals surface area (Å²) in [6.45, 7) is 3.29. The molecule has 3 nitrogen and oxygen atoms in total. The molecule has 0 aromatic heterocycles. The van der Waals surface area contributed by atoms with Crippen LogP contribution < -0.4 is 5.73 Å². The van der Waals surface area contributed by atoms with Gasteiger partial charge in [0.2, 0.25) is 0 Å². The third-order valence-electron chi connectivity index (χ3n) is 1.62. The molecule has 0 aromatic rings. The molecule has 0 aliphatic carbocycles. The van der Waals surface area contributed by atoms with Crippen molar-refractivity contribution in [2.75, 3.05) is 26.4 Å². The van der Waals surface area contributed by atoms with Crippen molar-refractivity contribution in [2.45, 2.75) is 18.9 Å². The fourth-order valence-electron chi connectivity index (χ4n) is 1.09. The van der Waals surface area contributed by atoms with E-state index in [1.54, 1.807) is 0 Å². The molecule has 1 fully saturated rings. The Morgan fingerprint density at radius 1 is 1.60 bits per heavy atom. The first kappa shape index (κ1) is 7.98. The zero-order valence-electron chi connectivity index (χ0n) is 6.34. The molecule has 60 valence electrons. The van der Waals surface area contributed by atoms with Crippen molar-refractivity contribution < 1.29 is 15.2 Å². The first-order valence-corrected chi connectivity index (χ1v) is 3.92. The van der Waals surface area contributed by atoms with Gasteiger partial charge in [0.15, 0.2) is 0 Å². The molecule has 3 heteroatoms. The average Bonchev–Trinajstić information content (AvgIpc) is 2.41. The number of hydrogen-bond donors (Lipinski definition) is 1. The molecule has 1 aliphatic heterocycles. The highest BCUT2D eigenvalue weighted by Crippen LogP contribution is 2.11. The zero-order valence-corrected chi connectivity index (χ0v) is 6.34. The van der Waals surface area contributed by atoms with Crippen LogP contribution in [0.25, 0.3) is 0 Å². The van der Waals surface area contributed by atoms with E-state index in [1.165, 1.54) is 6.42 Å². The summed E-state index contributed by atoms with van der Waals surface area (Å²) >= 11 is 0. The lowest BCUT2D eigenvalue weighted by Crippen LogP contribution is -2.52. The summed E-state index contributed by atoms with van der Waals surface area (Å²) in [5.74, 6) is 0. The predicted molar refractivity (Wildman–Crippen MR) is 37.5 cm³/mol. The van der Waals surface area contributed by atoms with Gasteiger partial charge in [0, 0.05) is 6.61 Å². The Hall–Kier alpha value is -0.120. The maximum atomic E-state index is 5.35. The Bertz CT molecular complexity index is 81.7. The Morgan fingerprint density at radius 3 is 3.10 bits per heavy atom. The molecule has 0 radical (unpaired) electrons. The van der Waals surface area contributed by atoms with Gasteiger partial charge in [0.25, 0.3) is 0 Å². The van der Waals surface area contributed by atoms with E-state index in [-0.39, 0.29) is 0 Å². The summed E-state index contributed by atoms with van der Waals surface area (Å²) in [6.07, 6.45) is 2.72. The van der Waals surface area contributed by atoms with E-state index in [0.29, 0.717) is 6.10 Å². The Balaban J connectivity index is 1.91. The fourth-order valence-corrected chi connectivity index (χ4v) is 1.09. The Morgan fingerprint density at radius 2 is 2.50 bits per heavy atom. The van der Waals surface area contributed by atoms with Crippen molar-refractivity contribution in [1.29, 1.82) is 0 Å². The van der Waals surface area contributed by atoms with Gasteiger partial charge in [-0.05, 0) is 12.8 Å². The summed E-state index contributed by atoms with van der Waals surface area (Å²) in [5.41, 5.74) is 3.68. The van der Waals surface area contributed by atoms with E-state index in [9.17, 15) is 0 Å². The van der Waals surface area contributed by atoms with Gasteiger partial charge in [-0.3, -0.25) is 0 Å². The molecule has 1 heterocycles. The van der Waals surface area contributed by atoms with Crippen LogP contribution in [0.3, 0.4) is 0 Å². The van der Waals surface area contributed by atoms with Crippen molar-refractivity contribution in [3.63, 3.8) is 0 Å². The smallest absolute Gasteiger partial charge is 0.0977 e. The predicted octanol–water partition coefficient (Wildman–Crippen LogP) is -0.576. The number of rotatable bonds is 4. The van der Waals surface area contributed by atoms with Crippen LogP contribution in [-0.4, -0.2) is 32.5 Å². The van der Waals surface area contributed by atoms with Crippen LogP contribution in [0, 0.1) is 0 Å². The molecule has 1 saturated heterocycles. The maximum Gasteiger partial charge on any atom is 0.0977 e. The third kappa shape index (κ3) is 2.64.